The molecule has 0 aromatic heterocycles. The van der Waals surface area contributed by atoms with Crippen LogP contribution < -0.4 is 0 Å². The van der Waals surface area contributed by atoms with Crippen LogP contribution in [0.1, 0.15) is 32.1 Å². The van der Waals surface area contributed by atoms with Gasteiger partial charge in [0, 0.05) is 26.1 Å². The number of aliphatic hydroxyl groups excluding tert-OH is 1. The van der Waals surface area contributed by atoms with Gasteiger partial charge in [-0.2, -0.15) is 0 Å². The van der Waals surface area contributed by atoms with Crippen LogP contribution in [-0.2, 0) is 9.47 Å². The molecule has 0 aliphatic carbocycles. The Morgan fingerprint density at radius 3 is 2.44 bits per heavy atom. The minimum Gasteiger partial charge on any atom is -0.396 e. The Kier molecular flexibility index (Phi) is 2.51. The van der Waals surface area contributed by atoms with Gasteiger partial charge >= 0.3 is 0 Å². The molecule has 16 heavy (non-hydrogen) atoms. The maximum Gasteiger partial charge on any atom is 0.0795 e. The number of hydrogen-bond acceptors (Lipinski definition) is 4. The fraction of sp³-hybridized carbons (Fsp3) is 1.00. The fourth-order valence-corrected chi connectivity index (χ4v) is 3.81. The van der Waals surface area contributed by atoms with E-state index < -0.39 is 11.0 Å². The van der Waals surface area contributed by atoms with Crippen LogP contribution in [0.25, 0.3) is 0 Å². The van der Waals surface area contributed by atoms with Crippen LogP contribution in [0, 0.1) is 5.41 Å². The molecule has 0 spiro atoms. The summed E-state index contributed by atoms with van der Waals surface area (Å²) < 4.78 is 11.1. The molecule has 3 atom stereocenters. The predicted molar refractivity (Wildman–Crippen MR) is 57.0 cm³/mol. The first-order chi connectivity index (χ1) is 7.70. The van der Waals surface area contributed by atoms with Crippen molar-refractivity contribution in [2.45, 2.75) is 49.9 Å². The zero-order valence-corrected chi connectivity index (χ0v) is 9.52. The second-order valence-electron chi connectivity index (χ2n) is 5.49. The lowest BCUT2D eigenvalue weighted by Gasteiger charge is -2.49. The van der Waals surface area contributed by atoms with E-state index in [9.17, 15) is 10.2 Å². The number of aliphatic hydroxyl groups is 2. The molecule has 0 saturated carbocycles. The molecule has 3 aliphatic rings. The normalized spacial score (nSPS) is 46.1. The van der Waals surface area contributed by atoms with Crippen molar-refractivity contribution in [1.29, 1.82) is 0 Å². The Morgan fingerprint density at radius 1 is 1.19 bits per heavy atom. The van der Waals surface area contributed by atoms with Gasteiger partial charge in [-0.1, -0.05) is 0 Å². The first-order valence-corrected chi connectivity index (χ1v) is 6.27. The molecular formula is C12H20O4. The molecule has 0 aromatic rings. The lowest BCUT2D eigenvalue weighted by molar-refractivity contribution is -0.178. The zero-order valence-electron chi connectivity index (χ0n) is 9.52. The van der Waals surface area contributed by atoms with E-state index in [0.717, 1.165) is 19.3 Å². The molecule has 3 fully saturated rings. The van der Waals surface area contributed by atoms with Crippen molar-refractivity contribution in [3.8, 4) is 0 Å². The molecule has 3 aliphatic heterocycles. The molecule has 3 rings (SSSR count). The van der Waals surface area contributed by atoms with Crippen LogP contribution in [0.2, 0.25) is 0 Å². The number of hydrogen-bond donors (Lipinski definition) is 2. The highest BCUT2D eigenvalue weighted by Crippen LogP contribution is 2.55. The van der Waals surface area contributed by atoms with Gasteiger partial charge in [0.25, 0.3) is 0 Å². The highest BCUT2D eigenvalue weighted by atomic mass is 16.5. The van der Waals surface area contributed by atoms with Crippen molar-refractivity contribution in [2.75, 3.05) is 19.8 Å². The summed E-state index contributed by atoms with van der Waals surface area (Å²) in [5.41, 5.74) is -1.22. The van der Waals surface area contributed by atoms with E-state index in [1.54, 1.807) is 0 Å². The van der Waals surface area contributed by atoms with E-state index in [1.165, 1.54) is 0 Å². The van der Waals surface area contributed by atoms with Crippen LogP contribution in [0.15, 0.2) is 0 Å². The molecule has 4 nitrogen and oxygen atoms in total. The lowest BCUT2D eigenvalue weighted by Crippen LogP contribution is -2.58. The molecule has 2 bridgehead atoms. The summed E-state index contributed by atoms with van der Waals surface area (Å²) in [6, 6.07) is 0. The van der Waals surface area contributed by atoms with E-state index in [1.807, 2.05) is 0 Å². The molecule has 3 unspecified atom stereocenters. The van der Waals surface area contributed by atoms with Gasteiger partial charge in [-0.3, -0.25) is 0 Å². The first kappa shape index (κ1) is 11.0. The van der Waals surface area contributed by atoms with Gasteiger partial charge in [-0.05, 0) is 19.3 Å². The number of fused-ring (bicyclic) bond motifs is 2. The molecule has 0 radical (unpaired) electrons. The van der Waals surface area contributed by atoms with E-state index in [0.29, 0.717) is 26.1 Å². The van der Waals surface area contributed by atoms with Crippen molar-refractivity contribution in [2.24, 2.45) is 5.41 Å². The Labute approximate surface area is 95.6 Å². The topological polar surface area (TPSA) is 58.9 Å². The van der Waals surface area contributed by atoms with Crippen molar-refractivity contribution in [1.82, 2.24) is 0 Å². The van der Waals surface area contributed by atoms with E-state index in [-0.39, 0.29) is 18.8 Å². The van der Waals surface area contributed by atoms with E-state index in [4.69, 9.17) is 9.47 Å². The van der Waals surface area contributed by atoms with Crippen molar-refractivity contribution in [3.63, 3.8) is 0 Å². The summed E-state index contributed by atoms with van der Waals surface area (Å²) in [7, 11) is 0. The SMILES string of the molecule is OCC1(C2(O)CCOCC2)CC2CCC1O2. The highest BCUT2D eigenvalue weighted by Gasteiger charge is 2.62. The standard InChI is InChI=1S/C12H20O4/c13-8-11(7-9-1-2-10(11)16-9)12(14)3-5-15-6-4-12/h9-10,13-14H,1-8H2. The Morgan fingerprint density at radius 2 is 1.94 bits per heavy atom. The summed E-state index contributed by atoms with van der Waals surface area (Å²) in [5.74, 6) is 0. The average Bonchev–Trinajstić information content (AvgIpc) is 2.90. The monoisotopic (exact) mass is 228 g/mol. The molecule has 0 amide bonds. The molecule has 3 heterocycles. The second kappa shape index (κ2) is 3.67. The molecule has 4 heteroatoms. The van der Waals surface area contributed by atoms with Crippen LogP contribution >= 0.6 is 0 Å². The molecule has 3 saturated heterocycles. The smallest absolute Gasteiger partial charge is 0.0795 e. The summed E-state index contributed by atoms with van der Waals surface area (Å²) in [6.45, 7) is 1.22. The largest absolute Gasteiger partial charge is 0.396 e. The zero-order chi connectivity index (χ0) is 11.2. The molecule has 0 aromatic carbocycles. The number of rotatable bonds is 2. The van der Waals surface area contributed by atoms with Gasteiger partial charge in [0.2, 0.25) is 0 Å². The van der Waals surface area contributed by atoms with Gasteiger partial charge in [-0.25, -0.2) is 0 Å². The van der Waals surface area contributed by atoms with Gasteiger partial charge in [0.1, 0.15) is 0 Å². The van der Waals surface area contributed by atoms with Crippen molar-refractivity contribution in [3.05, 3.63) is 0 Å². The predicted octanol–water partition coefficient (Wildman–Crippen LogP) is 0.458. The maximum absolute atomic E-state index is 10.8. The minimum absolute atomic E-state index is 0.0324. The third kappa shape index (κ3) is 1.30. The van der Waals surface area contributed by atoms with E-state index in [2.05, 4.69) is 0 Å². The Bertz CT molecular complexity index is 274. The third-order valence-corrected chi connectivity index (χ3v) is 4.84. The highest BCUT2D eigenvalue weighted by molar-refractivity contribution is 5.11. The van der Waals surface area contributed by atoms with Gasteiger partial charge < -0.3 is 19.7 Å². The fourth-order valence-electron chi connectivity index (χ4n) is 3.81. The molecule has 92 valence electrons. The third-order valence-electron chi connectivity index (χ3n) is 4.84. The van der Waals surface area contributed by atoms with Gasteiger partial charge in [-0.15, -0.1) is 0 Å². The summed E-state index contributed by atoms with van der Waals surface area (Å²) in [5, 5.41) is 20.6. The van der Waals surface area contributed by atoms with Crippen LogP contribution in [-0.4, -0.2) is 47.8 Å². The van der Waals surface area contributed by atoms with Crippen LogP contribution in [0.4, 0.5) is 0 Å². The van der Waals surface area contributed by atoms with Gasteiger partial charge in [0.15, 0.2) is 0 Å². The minimum atomic E-state index is -0.792. The quantitative estimate of drug-likeness (QED) is 0.721. The first-order valence-electron chi connectivity index (χ1n) is 6.27. The maximum atomic E-state index is 10.8. The van der Waals surface area contributed by atoms with Crippen LogP contribution in [0.3, 0.4) is 0 Å². The lowest BCUT2D eigenvalue weighted by atomic mass is 9.61. The van der Waals surface area contributed by atoms with Gasteiger partial charge in [0.05, 0.1) is 29.8 Å². The second-order valence-corrected chi connectivity index (χ2v) is 5.49. The number of ether oxygens (including phenoxy) is 2. The Hall–Kier alpha value is -0.160. The molecular weight excluding hydrogens is 208 g/mol. The summed E-state index contributed by atoms with van der Waals surface area (Å²) in [6.07, 6.45) is 4.42. The van der Waals surface area contributed by atoms with E-state index >= 15 is 0 Å². The summed E-state index contributed by atoms with van der Waals surface area (Å²) in [4.78, 5) is 0. The van der Waals surface area contributed by atoms with Crippen LogP contribution in [0.5, 0.6) is 0 Å². The Balaban J connectivity index is 1.89. The summed E-state index contributed by atoms with van der Waals surface area (Å²) >= 11 is 0. The average molecular weight is 228 g/mol. The van der Waals surface area contributed by atoms with Crippen molar-refractivity contribution >= 4 is 0 Å². The van der Waals surface area contributed by atoms with Crippen molar-refractivity contribution < 1.29 is 19.7 Å². The molecule has 2 N–H and O–H groups in total.